The van der Waals surface area contributed by atoms with Crippen molar-refractivity contribution in [3.05, 3.63) is 28.9 Å². The summed E-state index contributed by atoms with van der Waals surface area (Å²) in [5.41, 5.74) is 0.474. The van der Waals surface area contributed by atoms with Crippen LogP contribution >= 0.6 is 11.6 Å². The highest BCUT2D eigenvalue weighted by Crippen LogP contribution is 2.49. The fourth-order valence-corrected chi connectivity index (χ4v) is 5.76. The number of hydrogen-bond donors (Lipinski definition) is 2. The van der Waals surface area contributed by atoms with E-state index in [4.69, 9.17) is 11.6 Å². The van der Waals surface area contributed by atoms with Crippen LogP contribution in [-0.2, 0) is 15.4 Å². The molecule has 0 atom stereocenters. The highest BCUT2D eigenvalue weighted by molar-refractivity contribution is 7.92. The van der Waals surface area contributed by atoms with E-state index in [0.717, 1.165) is 23.7 Å². The second-order valence-electron chi connectivity index (χ2n) is 6.62. The van der Waals surface area contributed by atoms with Crippen LogP contribution in [0.25, 0.3) is 10.9 Å². The Hall–Kier alpha value is -1.11. The maximum Gasteiger partial charge on any atom is 0.153 e. The quantitative estimate of drug-likeness (QED) is 0.895. The lowest BCUT2D eigenvalue weighted by atomic mass is 9.68. The van der Waals surface area contributed by atoms with Crippen molar-refractivity contribution in [1.29, 1.82) is 0 Å². The molecule has 2 saturated carbocycles. The van der Waals surface area contributed by atoms with Gasteiger partial charge in [-0.2, -0.15) is 5.10 Å². The van der Waals surface area contributed by atoms with E-state index >= 15 is 0 Å². The van der Waals surface area contributed by atoms with Gasteiger partial charge in [0.05, 0.1) is 28.3 Å². The lowest BCUT2D eigenvalue weighted by Crippen LogP contribution is -2.44. The van der Waals surface area contributed by atoms with Gasteiger partial charge >= 0.3 is 0 Å². The van der Waals surface area contributed by atoms with Crippen LogP contribution in [0, 0.1) is 5.92 Å². The van der Waals surface area contributed by atoms with E-state index in [1.54, 1.807) is 18.3 Å². The van der Waals surface area contributed by atoms with Gasteiger partial charge in [0.25, 0.3) is 0 Å². The summed E-state index contributed by atoms with van der Waals surface area (Å²) in [5.74, 6) is 0.208. The van der Waals surface area contributed by atoms with Crippen molar-refractivity contribution in [2.24, 2.45) is 5.92 Å². The lowest BCUT2D eigenvalue weighted by Gasteiger charge is -2.44. The van der Waals surface area contributed by atoms with Crippen LogP contribution in [0.5, 0.6) is 0 Å². The summed E-state index contributed by atoms with van der Waals surface area (Å²) in [6, 6.07) is 3.54. The first-order chi connectivity index (χ1) is 10.4. The predicted molar refractivity (Wildman–Crippen MR) is 84.5 cm³/mol. The number of aromatic nitrogens is 2. The minimum atomic E-state index is -2.98. The molecule has 0 bridgehead atoms. The Morgan fingerprint density at radius 1 is 1.36 bits per heavy atom. The number of nitrogens with zero attached hydrogens (tertiary/aromatic N) is 1. The number of fused-ring (bicyclic) bond motifs is 1. The standard InChI is InChI=1S/C15H17ClN2O3S/c16-11-3-10-7-17-18-14(10)13(4-11)15(19)5-9(6-15)8-22(20,21)12-1-2-12/h3-4,7,9,12,19H,1-2,5-6,8H2,(H,17,18). The molecular formula is C15H17ClN2O3S. The van der Waals surface area contributed by atoms with Crippen molar-refractivity contribution in [2.75, 3.05) is 5.75 Å². The molecule has 0 unspecified atom stereocenters. The van der Waals surface area contributed by atoms with Crippen LogP contribution in [0.15, 0.2) is 18.3 Å². The molecule has 22 heavy (non-hydrogen) atoms. The van der Waals surface area contributed by atoms with E-state index in [0.29, 0.717) is 23.4 Å². The number of sulfone groups is 1. The number of aliphatic hydroxyl groups is 1. The molecule has 1 aromatic carbocycles. The first kappa shape index (κ1) is 14.5. The molecule has 1 aromatic heterocycles. The molecule has 0 aliphatic heterocycles. The van der Waals surface area contributed by atoms with E-state index in [-0.39, 0.29) is 16.9 Å². The second-order valence-corrected chi connectivity index (χ2v) is 9.38. The highest BCUT2D eigenvalue weighted by atomic mass is 35.5. The topological polar surface area (TPSA) is 83.1 Å². The summed E-state index contributed by atoms with van der Waals surface area (Å²) >= 11 is 6.11. The molecule has 0 saturated heterocycles. The van der Waals surface area contributed by atoms with Gasteiger partial charge < -0.3 is 5.11 Å². The molecule has 2 aliphatic carbocycles. The second kappa shape index (κ2) is 4.69. The van der Waals surface area contributed by atoms with Gasteiger partial charge in [-0.25, -0.2) is 8.42 Å². The molecule has 2 aliphatic rings. The van der Waals surface area contributed by atoms with E-state index in [1.807, 2.05) is 0 Å². The van der Waals surface area contributed by atoms with E-state index in [9.17, 15) is 13.5 Å². The Morgan fingerprint density at radius 3 is 2.77 bits per heavy atom. The molecule has 118 valence electrons. The average Bonchev–Trinajstić information content (AvgIpc) is 3.16. The molecule has 2 aromatic rings. The van der Waals surface area contributed by atoms with Crippen LogP contribution in [0.1, 0.15) is 31.2 Å². The summed E-state index contributed by atoms with van der Waals surface area (Å²) in [6.45, 7) is 0. The van der Waals surface area contributed by atoms with E-state index in [2.05, 4.69) is 10.2 Å². The summed E-state index contributed by atoms with van der Waals surface area (Å²) in [5, 5.41) is 19.0. The number of rotatable bonds is 4. The van der Waals surface area contributed by atoms with Crippen molar-refractivity contribution in [3.8, 4) is 0 Å². The maximum absolute atomic E-state index is 12.0. The number of nitrogens with one attached hydrogen (secondary N) is 1. The van der Waals surface area contributed by atoms with Gasteiger partial charge in [0.15, 0.2) is 9.84 Å². The molecule has 4 rings (SSSR count). The van der Waals surface area contributed by atoms with Crippen molar-refractivity contribution in [1.82, 2.24) is 10.2 Å². The number of aromatic amines is 1. The van der Waals surface area contributed by atoms with Crippen molar-refractivity contribution < 1.29 is 13.5 Å². The Balaban J connectivity index is 1.57. The molecule has 5 nitrogen and oxygen atoms in total. The smallest absolute Gasteiger partial charge is 0.153 e. The van der Waals surface area contributed by atoms with E-state index in [1.165, 1.54) is 0 Å². The predicted octanol–water partition coefficient (Wildman–Crippen LogP) is 2.39. The number of hydrogen-bond acceptors (Lipinski definition) is 4. The third-order valence-electron chi connectivity index (χ3n) is 4.77. The largest absolute Gasteiger partial charge is 0.385 e. The van der Waals surface area contributed by atoms with Gasteiger partial charge in [-0.15, -0.1) is 0 Å². The molecule has 0 amide bonds. The Labute approximate surface area is 133 Å². The maximum atomic E-state index is 12.0. The monoisotopic (exact) mass is 340 g/mol. The zero-order valence-corrected chi connectivity index (χ0v) is 13.5. The van der Waals surface area contributed by atoms with Gasteiger partial charge in [0.2, 0.25) is 0 Å². The number of benzene rings is 1. The number of H-pyrrole nitrogens is 1. The van der Waals surface area contributed by atoms with Gasteiger partial charge in [-0.3, -0.25) is 5.10 Å². The summed E-state index contributed by atoms with van der Waals surface area (Å²) in [6.07, 6.45) is 4.16. The van der Waals surface area contributed by atoms with Gasteiger partial charge in [-0.1, -0.05) is 11.6 Å². The van der Waals surface area contributed by atoms with Crippen LogP contribution in [-0.4, -0.2) is 34.7 Å². The van der Waals surface area contributed by atoms with Crippen molar-refractivity contribution in [2.45, 2.75) is 36.5 Å². The third kappa shape index (κ3) is 2.33. The zero-order chi connectivity index (χ0) is 15.5. The molecule has 7 heteroatoms. The summed E-state index contributed by atoms with van der Waals surface area (Å²) in [7, 11) is -2.98. The highest BCUT2D eigenvalue weighted by Gasteiger charge is 2.48. The van der Waals surface area contributed by atoms with Gasteiger partial charge in [-0.05, 0) is 43.7 Å². The Morgan fingerprint density at radius 2 is 2.09 bits per heavy atom. The SMILES string of the molecule is O=S(=O)(CC1CC(O)(c2cc(Cl)cc3cn[nH]c23)C1)C1CC1. The minimum absolute atomic E-state index is 0.0209. The van der Waals surface area contributed by atoms with Crippen molar-refractivity contribution in [3.63, 3.8) is 0 Å². The molecule has 2 fully saturated rings. The van der Waals surface area contributed by atoms with Gasteiger partial charge in [0.1, 0.15) is 0 Å². The molecule has 0 radical (unpaired) electrons. The number of halogens is 1. The van der Waals surface area contributed by atoms with Crippen LogP contribution < -0.4 is 0 Å². The molecule has 1 heterocycles. The first-order valence-electron chi connectivity index (χ1n) is 7.44. The molecular weight excluding hydrogens is 324 g/mol. The van der Waals surface area contributed by atoms with E-state index < -0.39 is 15.4 Å². The summed E-state index contributed by atoms with van der Waals surface area (Å²) in [4.78, 5) is 0. The Bertz CT molecular complexity index is 836. The minimum Gasteiger partial charge on any atom is -0.385 e. The Kier molecular flexibility index (Phi) is 3.09. The average molecular weight is 341 g/mol. The fraction of sp³-hybridized carbons (Fsp3) is 0.533. The van der Waals surface area contributed by atoms with Gasteiger partial charge in [0, 0.05) is 16.0 Å². The normalized spacial score (nSPS) is 28.7. The molecule has 2 N–H and O–H groups in total. The fourth-order valence-electron chi connectivity index (χ4n) is 3.51. The van der Waals surface area contributed by atoms with Crippen LogP contribution in [0.2, 0.25) is 5.02 Å². The van der Waals surface area contributed by atoms with Crippen LogP contribution in [0.4, 0.5) is 0 Å². The summed E-state index contributed by atoms with van der Waals surface area (Å²) < 4.78 is 24.1. The molecule has 0 spiro atoms. The van der Waals surface area contributed by atoms with Crippen LogP contribution in [0.3, 0.4) is 0 Å². The third-order valence-corrected chi connectivity index (χ3v) is 7.41. The zero-order valence-electron chi connectivity index (χ0n) is 11.9. The van der Waals surface area contributed by atoms with Crippen molar-refractivity contribution >= 4 is 32.3 Å². The first-order valence-corrected chi connectivity index (χ1v) is 9.54. The lowest BCUT2D eigenvalue weighted by molar-refractivity contribution is -0.0716.